The predicted molar refractivity (Wildman–Crippen MR) is 123 cm³/mol. The molecule has 1 atom stereocenters. The highest BCUT2D eigenvalue weighted by Gasteiger charge is 2.37. The largest absolute Gasteiger partial charge is 0.484 e. The number of benzene rings is 1. The molecule has 2 heterocycles. The van der Waals surface area contributed by atoms with Crippen LogP contribution in [-0.4, -0.2) is 50.2 Å². The van der Waals surface area contributed by atoms with Gasteiger partial charge in [-0.3, -0.25) is 19.4 Å². The van der Waals surface area contributed by atoms with E-state index in [0.717, 1.165) is 10.5 Å². The fourth-order valence-electron chi connectivity index (χ4n) is 3.24. The number of ether oxygens (including phenoxy) is 2. The van der Waals surface area contributed by atoms with Crippen LogP contribution in [0.5, 0.6) is 5.75 Å². The molecule has 14 heteroatoms. The van der Waals surface area contributed by atoms with E-state index in [1.807, 2.05) is 0 Å². The number of halogens is 3. The second-order valence-corrected chi connectivity index (χ2v) is 10.8. The molecule has 0 bridgehead atoms. The van der Waals surface area contributed by atoms with Gasteiger partial charge in [-0.2, -0.15) is 13.2 Å². The van der Waals surface area contributed by atoms with Crippen molar-refractivity contribution in [1.82, 2.24) is 10.3 Å². The molecule has 3 rings (SSSR count). The smallest absolute Gasteiger partial charge is 0.417 e. The van der Waals surface area contributed by atoms with Gasteiger partial charge in [0, 0.05) is 25.0 Å². The van der Waals surface area contributed by atoms with Crippen LogP contribution in [-0.2, 0) is 25.7 Å². The van der Waals surface area contributed by atoms with Gasteiger partial charge in [-0.1, -0.05) is 0 Å². The van der Waals surface area contributed by atoms with Gasteiger partial charge in [0.25, 0.3) is 10.0 Å². The number of hydrogen-bond acceptors (Lipinski definition) is 7. The number of fused-ring (bicyclic) bond motifs is 1. The number of pyridine rings is 1. The fraction of sp³-hybridized carbons (Fsp3) is 0.409. The maximum Gasteiger partial charge on any atom is 0.417 e. The normalized spacial score (nSPS) is 16.0. The average Bonchev–Trinajstić information content (AvgIpc) is 2.75. The van der Waals surface area contributed by atoms with Gasteiger partial charge in [0.1, 0.15) is 22.4 Å². The van der Waals surface area contributed by atoms with Gasteiger partial charge in [0.15, 0.2) is 0 Å². The number of nitrogens with one attached hydrogen (secondary N) is 2. The number of anilines is 2. The van der Waals surface area contributed by atoms with Crippen LogP contribution >= 0.6 is 0 Å². The molecule has 196 valence electrons. The molecule has 36 heavy (non-hydrogen) atoms. The summed E-state index contributed by atoms with van der Waals surface area (Å²) in [6, 6.07) is 4.63. The minimum atomic E-state index is -4.81. The second-order valence-electron chi connectivity index (χ2n) is 8.93. The molecule has 1 aromatic heterocycles. The van der Waals surface area contributed by atoms with Gasteiger partial charge >= 0.3 is 12.3 Å². The molecule has 0 saturated heterocycles. The molecule has 10 nitrogen and oxygen atoms in total. The number of sulfonamides is 1. The van der Waals surface area contributed by atoms with Gasteiger partial charge in [0.2, 0.25) is 5.91 Å². The number of aromatic nitrogens is 1. The number of carbonyl (C=O) groups is 2. The zero-order chi connectivity index (χ0) is 26.9. The van der Waals surface area contributed by atoms with Crippen LogP contribution in [0.2, 0.25) is 0 Å². The highest BCUT2D eigenvalue weighted by molar-refractivity contribution is 7.92. The molecule has 0 aliphatic carbocycles. The van der Waals surface area contributed by atoms with Crippen LogP contribution < -0.4 is 19.7 Å². The molecule has 2 N–H and O–H groups in total. The Hall–Kier alpha value is -3.55. The molecule has 1 unspecified atom stereocenters. The lowest BCUT2D eigenvalue weighted by Gasteiger charge is -2.35. The van der Waals surface area contributed by atoms with Crippen LogP contribution in [0.25, 0.3) is 0 Å². The third-order valence-electron chi connectivity index (χ3n) is 4.74. The summed E-state index contributed by atoms with van der Waals surface area (Å²) in [4.78, 5) is 26.3. The molecule has 0 radical (unpaired) electrons. The van der Waals surface area contributed by atoms with E-state index in [-0.39, 0.29) is 36.1 Å². The molecule has 2 aromatic rings. The van der Waals surface area contributed by atoms with E-state index in [1.165, 1.54) is 25.1 Å². The molecule has 0 fully saturated rings. The topological polar surface area (TPSA) is 127 Å². The Balaban J connectivity index is 2.03. The Morgan fingerprint density at radius 3 is 2.50 bits per heavy atom. The summed E-state index contributed by atoms with van der Waals surface area (Å²) >= 11 is 0. The standard InChI is InChI=1S/C22H25F3N4O6S/c1-13(30)27-10-16-12-29(36(32,33)17-7-14(9-26-11-17)22(23,24)25)18-8-15(5-6-19(18)34-16)28-20(31)35-21(2,3)4/h5-9,11,16H,10,12H2,1-4H3,(H,27,30)(H,28,31). The van der Waals surface area contributed by atoms with Crippen molar-refractivity contribution in [3.63, 3.8) is 0 Å². The zero-order valence-electron chi connectivity index (χ0n) is 19.8. The molecule has 1 aromatic carbocycles. The summed E-state index contributed by atoms with van der Waals surface area (Å²) in [5.74, 6) is -0.298. The van der Waals surface area contributed by atoms with Crippen molar-refractivity contribution in [2.24, 2.45) is 0 Å². The van der Waals surface area contributed by atoms with Gasteiger partial charge in [0.05, 0.1) is 24.3 Å². The van der Waals surface area contributed by atoms with Crippen molar-refractivity contribution in [2.45, 2.75) is 50.5 Å². The first-order valence-corrected chi connectivity index (χ1v) is 12.1. The van der Waals surface area contributed by atoms with Gasteiger partial charge in [-0.15, -0.1) is 0 Å². The van der Waals surface area contributed by atoms with E-state index in [1.54, 1.807) is 20.8 Å². The minimum Gasteiger partial charge on any atom is -0.484 e. The second kappa shape index (κ2) is 9.84. The van der Waals surface area contributed by atoms with E-state index in [2.05, 4.69) is 15.6 Å². The maximum atomic E-state index is 13.5. The van der Waals surface area contributed by atoms with Gasteiger partial charge in [-0.05, 0) is 45.0 Å². The fourth-order valence-corrected chi connectivity index (χ4v) is 4.73. The quantitative estimate of drug-likeness (QED) is 0.605. The van der Waals surface area contributed by atoms with Crippen molar-refractivity contribution in [2.75, 3.05) is 22.7 Å². The van der Waals surface area contributed by atoms with E-state index < -0.39 is 44.5 Å². The van der Waals surface area contributed by atoms with Crippen molar-refractivity contribution in [3.8, 4) is 5.75 Å². The SMILES string of the molecule is CC(=O)NCC1CN(S(=O)(=O)c2cncc(C(F)(F)F)c2)c2cc(NC(=O)OC(C)(C)C)ccc2O1. The maximum absolute atomic E-state index is 13.5. The Bertz CT molecular complexity index is 1260. The van der Waals surface area contributed by atoms with Crippen LogP contribution in [0.1, 0.15) is 33.3 Å². The molecule has 0 saturated carbocycles. The molecule has 0 spiro atoms. The number of nitrogens with zero attached hydrogens (tertiary/aromatic N) is 2. The zero-order valence-corrected chi connectivity index (χ0v) is 20.7. The van der Waals surface area contributed by atoms with Crippen molar-refractivity contribution >= 4 is 33.4 Å². The Morgan fingerprint density at radius 2 is 1.89 bits per heavy atom. The van der Waals surface area contributed by atoms with E-state index >= 15 is 0 Å². The summed E-state index contributed by atoms with van der Waals surface area (Å²) in [6.07, 6.45) is -5.11. The van der Waals surface area contributed by atoms with Crippen LogP contribution in [0.4, 0.5) is 29.3 Å². The summed E-state index contributed by atoms with van der Waals surface area (Å²) < 4.78 is 78.5. The molecular formula is C22H25F3N4O6S. The Labute approximate surface area is 205 Å². The van der Waals surface area contributed by atoms with Crippen LogP contribution in [0.3, 0.4) is 0 Å². The highest BCUT2D eigenvalue weighted by atomic mass is 32.2. The Kier molecular flexibility index (Phi) is 7.39. The van der Waals surface area contributed by atoms with Crippen LogP contribution in [0, 0.1) is 0 Å². The van der Waals surface area contributed by atoms with Crippen molar-refractivity contribution in [1.29, 1.82) is 0 Å². The highest BCUT2D eigenvalue weighted by Crippen LogP contribution is 2.39. The van der Waals surface area contributed by atoms with E-state index in [9.17, 15) is 31.2 Å². The number of alkyl halides is 3. The van der Waals surface area contributed by atoms with E-state index in [0.29, 0.717) is 12.3 Å². The van der Waals surface area contributed by atoms with E-state index in [4.69, 9.17) is 9.47 Å². The lowest BCUT2D eigenvalue weighted by Crippen LogP contribution is -2.48. The third kappa shape index (κ3) is 6.56. The molecule has 1 aliphatic heterocycles. The van der Waals surface area contributed by atoms with Crippen molar-refractivity contribution in [3.05, 3.63) is 42.2 Å². The monoisotopic (exact) mass is 530 g/mol. The summed E-state index contributed by atoms with van der Waals surface area (Å²) in [5.41, 5.74) is -1.88. The summed E-state index contributed by atoms with van der Waals surface area (Å²) in [7, 11) is -4.57. The predicted octanol–water partition coefficient (Wildman–Crippen LogP) is 3.54. The lowest BCUT2D eigenvalue weighted by molar-refractivity contribution is -0.138. The number of rotatable bonds is 5. The minimum absolute atomic E-state index is 0.0277. The number of hydrogen-bond donors (Lipinski definition) is 2. The first-order valence-electron chi connectivity index (χ1n) is 10.7. The first kappa shape index (κ1) is 27.0. The van der Waals surface area contributed by atoms with Gasteiger partial charge < -0.3 is 14.8 Å². The summed E-state index contributed by atoms with van der Waals surface area (Å²) in [5, 5.41) is 5.01. The molecule has 2 amide bonds. The first-order chi connectivity index (χ1) is 16.6. The summed E-state index contributed by atoms with van der Waals surface area (Å²) in [6.45, 7) is 5.88. The lowest BCUT2D eigenvalue weighted by atomic mass is 10.2. The number of amides is 2. The third-order valence-corrected chi connectivity index (χ3v) is 6.49. The molecular weight excluding hydrogens is 505 g/mol. The number of carbonyl (C=O) groups excluding carboxylic acids is 2. The average molecular weight is 531 g/mol. The molecule has 1 aliphatic rings. The van der Waals surface area contributed by atoms with Crippen molar-refractivity contribution < 1.29 is 40.7 Å². The van der Waals surface area contributed by atoms with Crippen LogP contribution in [0.15, 0.2) is 41.6 Å². The Morgan fingerprint density at radius 1 is 1.19 bits per heavy atom. The van der Waals surface area contributed by atoms with Gasteiger partial charge in [-0.25, -0.2) is 13.2 Å².